The minimum atomic E-state index is 0.166. The quantitative estimate of drug-likeness (QED) is 0.775. The van der Waals surface area contributed by atoms with Gasteiger partial charge in [0.2, 0.25) is 0 Å². The highest BCUT2D eigenvalue weighted by molar-refractivity contribution is 5.46. The largest absolute Gasteiger partial charge is 0.396 e. The number of nitrogens with zero attached hydrogens (tertiary/aromatic N) is 1. The number of rotatable bonds is 8. The van der Waals surface area contributed by atoms with Gasteiger partial charge in [-0.05, 0) is 36.1 Å². The molecule has 2 atom stereocenters. The SMILES string of the molecule is CCC(N[C@H](CCO)c1ccccc1)c1ccc(N(C)C)cc1. The van der Waals surface area contributed by atoms with E-state index in [1.54, 1.807) is 0 Å². The smallest absolute Gasteiger partial charge is 0.0449 e. The highest BCUT2D eigenvalue weighted by Gasteiger charge is 2.17. The topological polar surface area (TPSA) is 35.5 Å². The molecular weight excluding hydrogens is 284 g/mol. The lowest BCUT2D eigenvalue weighted by Crippen LogP contribution is -2.27. The molecule has 0 saturated heterocycles. The van der Waals surface area contributed by atoms with Gasteiger partial charge < -0.3 is 15.3 Å². The molecule has 3 heteroatoms. The van der Waals surface area contributed by atoms with Crippen LogP contribution in [0.15, 0.2) is 54.6 Å². The molecule has 2 N–H and O–H groups in total. The van der Waals surface area contributed by atoms with Gasteiger partial charge in [-0.2, -0.15) is 0 Å². The second kappa shape index (κ2) is 8.70. The lowest BCUT2D eigenvalue weighted by Gasteiger charge is -2.26. The molecule has 0 aliphatic heterocycles. The van der Waals surface area contributed by atoms with Crippen molar-refractivity contribution in [3.05, 3.63) is 65.7 Å². The molecule has 0 amide bonds. The van der Waals surface area contributed by atoms with Crippen LogP contribution < -0.4 is 10.2 Å². The van der Waals surface area contributed by atoms with Crippen LogP contribution >= 0.6 is 0 Å². The van der Waals surface area contributed by atoms with Crippen molar-refractivity contribution in [1.82, 2.24) is 5.32 Å². The molecule has 0 radical (unpaired) electrons. The number of aliphatic hydroxyl groups excluding tert-OH is 1. The van der Waals surface area contributed by atoms with Crippen molar-refractivity contribution >= 4 is 5.69 Å². The Hall–Kier alpha value is -1.84. The van der Waals surface area contributed by atoms with Gasteiger partial charge in [-0.1, -0.05) is 49.4 Å². The summed E-state index contributed by atoms with van der Waals surface area (Å²) in [6.07, 6.45) is 1.73. The maximum absolute atomic E-state index is 9.41. The van der Waals surface area contributed by atoms with E-state index in [1.165, 1.54) is 16.8 Å². The zero-order chi connectivity index (χ0) is 16.7. The number of aliphatic hydroxyl groups is 1. The molecule has 0 saturated carbocycles. The predicted octanol–water partition coefficient (Wildman–Crippen LogP) is 3.92. The summed E-state index contributed by atoms with van der Waals surface area (Å²) >= 11 is 0. The molecule has 2 aromatic rings. The van der Waals surface area contributed by atoms with Crippen LogP contribution in [-0.2, 0) is 0 Å². The second-order valence-corrected chi connectivity index (χ2v) is 6.09. The molecule has 3 nitrogen and oxygen atoms in total. The zero-order valence-corrected chi connectivity index (χ0v) is 14.4. The number of benzene rings is 2. The second-order valence-electron chi connectivity index (χ2n) is 6.09. The number of anilines is 1. The summed E-state index contributed by atoms with van der Waals surface area (Å²) in [5, 5.41) is 13.1. The Morgan fingerprint density at radius 3 is 2.04 bits per heavy atom. The molecule has 0 fully saturated rings. The first-order valence-electron chi connectivity index (χ1n) is 8.34. The van der Waals surface area contributed by atoms with Gasteiger partial charge in [0, 0.05) is 38.5 Å². The van der Waals surface area contributed by atoms with Gasteiger partial charge in [0.25, 0.3) is 0 Å². The van der Waals surface area contributed by atoms with Crippen molar-refractivity contribution in [1.29, 1.82) is 0 Å². The van der Waals surface area contributed by atoms with Gasteiger partial charge in [0.1, 0.15) is 0 Å². The minimum Gasteiger partial charge on any atom is -0.396 e. The summed E-state index contributed by atoms with van der Waals surface area (Å²) in [7, 11) is 4.11. The molecule has 0 heterocycles. The standard InChI is InChI=1S/C20H28N2O/c1-4-19(17-10-12-18(13-11-17)22(2)3)21-20(14-15-23)16-8-6-5-7-9-16/h5-13,19-21,23H,4,14-15H2,1-3H3/t19?,20-/m1/s1. The molecule has 0 aliphatic carbocycles. The Bertz CT molecular complexity index is 566. The average molecular weight is 312 g/mol. The highest BCUT2D eigenvalue weighted by atomic mass is 16.3. The molecule has 0 aliphatic rings. The molecule has 23 heavy (non-hydrogen) atoms. The summed E-state index contributed by atoms with van der Waals surface area (Å²) in [5.41, 5.74) is 3.72. The predicted molar refractivity (Wildman–Crippen MR) is 97.8 cm³/mol. The first kappa shape index (κ1) is 17.5. The van der Waals surface area contributed by atoms with Gasteiger partial charge in [0.15, 0.2) is 0 Å². The van der Waals surface area contributed by atoms with Gasteiger partial charge in [-0.15, -0.1) is 0 Å². The lowest BCUT2D eigenvalue weighted by molar-refractivity contribution is 0.258. The van der Waals surface area contributed by atoms with E-state index in [1.807, 2.05) is 18.2 Å². The van der Waals surface area contributed by atoms with Crippen molar-refractivity contribution in [2.75, 3.05) is 25.6 Å². The maximum atomic E-state index is 9.41. The number of hydrogen-bond acceptors (Lipinski definition) is 3. The van der Waals surface area contributed by atoms with Gasteiger partial charge in [-0.25, -0.2) is 0 Å². The monoisotopic (exact) mass is 312 g/mol. The fourth-order valence-corrected chi connectivity index (χ4v) is 2.86. The van der Waals surface area contributed by atoms with Crippen molar-refractivity contribution in [2.45, 2.75) is 31.8 Å². The van der Waals surface area contributed by atoms with Crippen LogP contribution in [0.5, 0.6) is 0 Å². The third kappa shape index (κ3) is 4.81. The first-order valence-corrected chi connectivity index (χ1v) is 8.34. The number of nitrogens with one attached hydrogen (secondary N) is 1. The van der Waals surface area contributed by atoms with Crippen LogP contribution in [0.25, 0.3) is 0 Å². The lowest BCUT2D eigenvalue weighted by atomic mass is 9.98. The van der Waals surface area contributed by atoms with E-state index in [-0.39, 0.29) is 18.7 Å². The van der Waals surface area contributed by atoms with Crippen molar-refractivity contribution < 1.29 is 5.11 Å². The molecule has 0 aromatic heterocycles. The Morgan fingerprint density at radius 1 is 0.913 bits per heavy atom. The Kier molecular flexibility index (Phi) is 6.63. The van der Waals surface area contributed by atoms with E-state index >= 15 is 0 Å². The van der Waals surface area contributed by atoms with Crippen LogP contribution in [0, 0.1) is 0 Å². The van der Waals surface area contributed by atoms with Gasteiger partial charge in [0.05, 0.1) is 0 Å². The molecular formula is C20H28N2O. The average Bonchev–Trinajstić information content (AvgIpc) is 2.59. The minimum absolute atomic E-state index is 0.166. The van der Waals surface area contributed by atoms with Crippen LogP contribution in [0.3, 0.4) is 0 Å². The maximum Gasteiger partial charge on any atom is 0.0449 e. The van der Waals surface area contributed by atoms with Crippen molar-refractivity contribution in [2.24, 2.45) is 0 Å². The van der Waals surface area contributed by atoms with E-state index in [4.69, 9.17) is 0 Å². The van der Waals surface area contributed by atoms with E-state index in [9.17, 15) is 5.11 Å². The van der Waals surface area contributed by atoms with Gasteiger partial charge >= 0.3 is 0 Å². The summed E-state index contributed by atoms with van der Waals surface area (Å²) in [4.78, 5) is 2.11. The van der Waals surface area contributed by atoms with Crippen molar-refractivity contribution in [3.8, 4) is 0 Å². The zero-order valence-electron chi connectivity index (χ0n) is 14.4. The first-order chi connectivity index (χ1) is 11.2. The molecule has 124 valence electrons. The van der Waals surface area contributed by atoms with Crippen LogP contribution in [0.4, 0.5) is 5.69 Å². The van der Waals surface area contributed by atoms with E-state index in [0.717, 1.165) is 12.8 Å². The van der Waals surface area contributed by atoms with Crippen LogP contribution in [-0.4, -0.2) is 25.8 Å². The Morgan fingerprint density at radius 2 is 1.52 bits per heavy atom. The summed E-state index contributed by atoms with van der Waals surface area (Å²) < 4.78 is 0. The van der Waals surface area contributed by atoms with E-state index in [0.29, 0.717) is 0 Å². The summed E-state index contributed by atoms with van der Waals surface area (Å²) in [6.45, 7) is 2.38. The molecule has 1 unspecified atom stereocenters. The Labute approximate surface area is 140 Å². The van der Waals surface area contributed by atoms with Crippen molar-refractivity contribution in [3.63, 3.8) is 0 Å². The molecule has 2 aromatic carbocycles. The molecule has 0 spiro atoms. The molecule has 2 rings (SSSR count). The van der Waals surface area contributed by atoms with Crippen LogP contribution in [0.1, 0.15) is 43.0 Å². The fraction of sp³-hybridized carbons (Fsp3) is 0.400. The van der Waals surface area contributed by atoms with E-state index < -0.39 is 0 Å². The van der Waals surface area contributed by atoms with E-state index in [2.05, 4.69) is 67.6 Å². The highest BCUT2D eigenvalue weighted by Crippen LogP contribution is 2.25. The fourth-order valence-electron chi connectivity index (χ4n) is 2.86. The normalized spacial score (nSPS) is 13.6. The van der Waals surface area contributed by atoms with Crippen LogP contribution in [0.2, 0.25) is 0 Å². The summed E-state index contributed by atoms with van der Waals surface area (Å²) in [6, 6.07) is 19.5. The molecule has 0 bridgehead atoms. The summed E-state index contributed by atoms with van der Waals surface area (Å²) in [5.74, 6) is 0. The Balaban J connectivity index is 2.15. The third-order valence-corrected chi connectivity index (χ3v) is 4.24. The third-order valence-electron chi connectivity index (χ3n) is 4.24. The van der Waals surface area contributed by atoms with Gasteiger partial charge in [-0.3, -0.25) is 0 Å². The number of hydrogen-bond donors (Lipinski definition) is 2.